The summed E-state index contributed by atoms with van der Waals surface area (Å²) in [6.07, 6.45) is -0.0686. The second-order valence-corrected chi connectivity index (χ2v) is 2.42. The number of hydrogen-bond acceptors (Lipinski definition) is 3. The standard InChI is InChI=1S/C7H13N3O/c1-6(5-9)10(2)7(11)3-4-8/h6H,3,5,9H2,1-2H3. The Hall–Kier alpha value is -1.08. The second-order valence-electron chi connectivity index (χ2n) is 2.42. The second kappa shape index (κ2) is 4.69. The molecule has 0 saturated heterocycles. The normalized spacial score (nSPS) is 11.8. The monoisotopic (exact) mass is 155 g/mol. The Morgan fingerprint density at radius 2 is 2.36 bits per heavy atom. The molecule has 0 saturated carbocycles. The lowest BCUT2D eigenvalue weighted by Crippen LogP contribution is -2.39. The van der Waals surface area contributed by atoms with E-state index in [4.69, 9.17) is 11.0 Å². The number of likely N-dealkylation sites (N-methyl/N-ethyl adjacent to an activating group) is 1. The van der Waals surface area contributed by atoms with Gasteiger partial charge < -0.3 is 10.6 Å². The molecule has 0 bridgehead atoms. The zero-order valence-electron chi connectivity index (χ0n) is 6.87. The fourth-order valence-corrected chi connectivity index (χ4v) is 0.596. The van der Waals surface area contributed by atoms with Crippen LogP contribution in [-0.2, 0) is 4.79 Å². The van der Waals surface area contributed by atoms with Gasteiger partial charge in [-0.05, 0) is 6.92 Å². The van der Waals surface area contributed by atoms with Gasteiger partial charge in [-0.2, -0.15) is 5.26 Å². The van der Waals surface area contributed by atoms with E-state index < -0.39 is 0 Å². The van der Waals surface area contributed by atoms with Crippen LogP contribution in [0.3, 0.4) is 0 Å². The Bertz CT molecular complexity index is 173. The minimum atomic E-state index is -0.176. The third kappa shape index (κ3) is 3.01. The van der Waals surface area contributed by atoms with Crippen LogP contribution in [0.25, 0.3) is 0 Å². The van der Waals surface area contributed by atoms with Crippen molar-refractivity contribution in [2.45, 2.75) is 19.4 Å². The van der Waals surface area contributed by atoms with E-state index in [1.54, 1.807) is 13.1 Å². The van der Waals surface area contributed by atoms with Gasteiger partial charge in [0.1, 0.15) is 6.42 Å². The Balaban J connectivity index is 3.93. The summed E-state index contributed by atoms with van der Waals surface area (Å²) in [5.74, 6) is -0.176. The molecule has 62 valence electrons. The SMILES string of the molecule is CC(CN)N(C)C(=O)CC#N. The van der Waals surface area contributed by atoms with E-state index in [9.17, 15) is 4.79 Å². The molecule has 0 aromatic heterocycles. The summed E-state index contributed by atoms with van der Waals surface area (Å²) < 4.78 is 0. The van der Waals surface area contributed by atoms with Crippen LogP contribution in [0.1, 0.15) is 13.3 Å². The van der Waals surface area contributed by atoms with Crippen molar-refractivity contribution in [3.05, 3.63) is 0 Å². The number of carbonyl (C=O) groups excluding carboxylic acids is 1. The Morgan fingerprint density at radius 1 is 1.82 bits per heavy atom. The number of carbonyl (C=O) groups is 1. The number of amides is 1. The molecule has 0 aromatic carbocycles. The van der Waals surface area contributed by atoms with Gasteiger partial charge in [0.15, 0.2) is 0 Å². The maximum absolute atomic E-state index is 11.0. The molecule has 0 aliphatic carbocycles. The summed E-state index contributed by atoms with van der Waals surface area (Å²) in [6.45, 7) is 2.27. The van der Waals surface area contributed by atoms with E-state index in [1.165, 1.54) is 4.90 Å². The largest absolute Gasteiger partial charge is 0.341 e. The minimum Gasteiger partial charge on any atom is -0.341 e. The van der Waals surface area contributed by atoms with Crippen molar-refractivity contribution in [2.24, 2.45) is 5.73 Å². The topological polar surface area (TPSA) is 70.1 Å². The first-order valence-electron chi connectivity index (χ1n) is 3.46. The average Bonchev–Trinajstić information content (AvgIpc) is 2.02. The van der Waals surface area contributed by atoms with Crippen LogP contribution in [-0.4, -0.2) is 30.4 Å². The van der Waals surface area contributed by atoms with Gasteiger partial charge in [-0.15, -0.1) is 0 Å². The highest BCUT2D eigenvalue weighted by atomic mass is 16.2. The van der Waals surface area contributed by atoms with E-state index in [-0.39, 0.29) is 18.4 Å². The summed E-state index contributed by atoms with van der Waals surface area (Å²) >= 11 is 0. The molecule has 1 amide bonds. The van der Waals surface area contributed by atoms with Crippen LogP contribution in [0.5, 0.6) is 0 Å². The van der Waals surface area contributed by atoms with Crippen molar-refractivity contribution in [2.75, 3.05) is 13.6 Å². The average molecular weight is 155 g/mol. The molecule has 0 fully saturated rings. The van der Waals surface area contributed by atoms with Crippen molar-refractivity contribution in [3.8, 4) is 6.07 Å². The molecule has 4 heteroatoms. The van der Waals surface area contributed by atoms with Gasteiger partial charge in [0.05, 0.1) is 6.07 Å². The molecule has 0 heterocycles. The number of nitrogens with zero attached hydrogens (tertiary/aromatic N) is 2. The summed E-state index contributed by atoms with van der Waals surface area (Å²) in [7, 11) is 1.65. The first-order valence-corrected chi connectivity index (χ1v) is 3.46. The number of rotatable bonds is 3. The lowest BCUT2D eigenvalue weighted by Gasteiger charge is -2.22. The summed E-state index contributed by atoms with van der Waals surface area (Å²) in [4.78, 5) is 12.5. The van der Waals surface area contributed by atoms with Gasteiger partial charge in [0, 0.05) is 19.6 Å². The first kappa shape index (κ1) is 9.92. The quantitative estimate of drug-likeness (QED) is 0.608. The summed E-state index contributed by atoms with van der Waals surface area (Å²) in [5.41, 5.74) is 5.33. The van der Waals surface area contributed by atoms with E-state index in [1.807, 2.05) is 6.92 Å². The molecule has 2 N–H and O–H groups in total. The third-order valence-electron chi connectivity index (χ3n) is 1.63. The van der Waals surface area contributed by atoms with Gasteiger partial charge in [0.2, 0.25) is 5.91 Å². The first-order chi connectivity index (χ1) is 5.13. The predicted molar refractivity (Wildman–Crippen MR) is 41.5 cm³/mol. The minimum absolute atomic E-state index is 0.0100. The van der Waals surface area contributed by atoms with Gasteiger partial charge in [-0.1, -0.05) is 0 Å². The maximum Gasteiger partial charge on any atom is 0.236 e. The molecular weight excluding hydrogens is 142 g/mol. The van der Waals surface area contributed by atoms with Crippen LogP contribution in [0.15, 0.2) is 0 Å². The smallest absolute Gasteiger partial charge is 0.236 e. The van der Waals surface area contributed by atoms with Gasteiger partial charge in [-0.25, -0.2) is 0 Å². The van der Waals surface area contributed by atoms with Crippen molar-refractivity contribution in [1.29, 1.82) is 5.26 Å². The summed E-state index contributed by atoms with van der Waals surface area (Å²) in [6, 6.07) is 1.81. The predicted octanol–water partition coefficient (Wildman–Crippen LogP) is -0.294. The van der Waals surface area contributed by atoms with Crippen LogP contribution >= 0.6 is 0 Å². The summed E-state index contributed by atoms with van der Waals surface area (Å²) in [5, 5.41) is 8.21. The van der Waals surface area contributed by atoms with Crippen LogP contribution in [0, 0.1) is 11.3 Å². The Kier molecular flexibility index (Phi) is 4.23. The molecule has 0 rings (SSSR count). The Labute approximate surface area is 66.6 Å². The molecular formula is C7H13N3O. The molecule has 11 heavy (non-hydrogen) atoms. The van der Waals surface area contributed by atoms with E-state index >= 15 is 0 Å². The zero-order valence-corrected chi connectivity index (χ0v) is 6.87. The fourth-order valence-electron chi connectivity index (χ4n) is 0.596. The fraction of sp³-hybridized carbons (Fsp3) is 0.714. The highest BCUT2D eigenvalue weighted by Gasteiger charge is 2.12. The van der Waals surface area contributed by atoms with Crippen LogP contribution in [0.4, 0.5) is 0 Å². The highest BCUT2D eigenvalue weighted by molar-refractivity contribution is 5.78. The van der Waals surface area contributed by atoms with E-state index in [2.05, 4.69) is 0 Å². The van der Waals surface area contributed by atoms with Gasteiger partial charge >= 0.3 is 0 Å². The number of nitrogens with two attached hydrogens (primary N) is 1. The molecule has 0 aliphatic rings. The molecule has 0 spiro atoms. The molecule has 1 unspecified atom stereocenters. The molecule has 0 radical (unpaired) electrons. The Morgan fingerprint density at radius 3 is 2.73 bits per heavy atom. The molecule has 1 atom stereocenters. The van der Waals surface area contributed by atoms with E-state index in [0.717, 1.165) is 0 Å². The lowest BCUT2D eigenvalue weighted by atomic mass is 10.3. The van der Waals surface area contributed by atoms with Crippen molar-refractivity contribution in [1.82, 2.24) is 4.90 Å². The van der Waals surface area contributed by atoms with Gasteiger partial charge in [-0.3, -0.25) is 4.79 Å². The highest BCUT2D eigenvalue weighted by Crippen LogP contribution is 1.95. The maximum atomic E-state index is 11.0. The van der Waals surface area contributed by atoms with Crippen LogP contribution < -0.4 is 5.73 Å². The molecule has 4 nitrogen and oxygen atoms in total. The lowest BCUT2D eigenvalue weighted by molar-refractivity contribution is -0.130. The van der Waals surface area contributed by atoms with Crippen LogP contribution in [0.2, 0.25) is 0 Å². The van der Waals surface area contributed by atoms with E-state index in [0.29, 0.717) is 6.54 Å². The number of nitriles is 1. The molecule has 0 aromatic rings. The van der Waals surface area contributed by atoms with Crippen molar-refractivity contribution in [3.63, 3.8) is 0 Å². The molecule has 0 aliphatic heterocycles. The van der Waals surface area contributed by atoms with Gasteiger partial charge in [0.25, 0.3) is 0 Å². The van der Waals surface area contributed by atoms with Crippen molar-refractivity contribution < 1.29 is 4.79 Å². The van der Waals surface area contributed by atoms with Crippen molar-refractivity contribution >= 4 is 5.91 Å². The number of hydrogen-bond donors (Lipinski definition) is 1. The third-order valence-corrected chi connectivity index (χ3v) is 1.63. The zero-order chi connectivity index (χ0) is 8.85.